The molecule has 0 heterocycles. The monoisotopic (exact) mass is 578 g/mol. The summed E-state index contributed by atoms with van der Waals surface area (Å²) in [5.74, 6) is -0.656. The largest absolute Gasteiger partial charge is 0.481 e. The van der Waals surface area contributed by atoms with E-state index < -0.39 is 21.9 Å². The molecule has 41 heavy (non-hydrogen) atoms. The number of carboxylic acids is 1. The van der Waals surface area contributed by atoms with E-state index >= 15 is 0 Å². The number of aliphatic carboxylic acids is 1. The van der Waals surface area contributed by atoms with Crippen molar-refractivity contribution in [3.05, 3.63) is 89.5 Å². The van der Waals surface area contributed by atoms with Gasteiger partial charge in [0.2, 0.25) is 0 Å². The molecule has 2 N–H and O–H groups in total. The van der Waals surface area contributed by atoms with Crippen molar-refractivity contribution in [2.45, 2.75) is 55.9 Å². The van der Waals surface area contributed by atoms with Crippen LogP contribution in [0.3, 0.4) is 0 Å². The predicted octanol–water partition coefficient (Wildman–Crippen LogP) is 5.55. The fourth-order valence-corrected chi connectivity index (χ4v) is 5.49. The highest BCUT2D eigenvalue weighted by molar-refractivity contribution is 7.90. The van der Waals surface area contributed by atoms with Crippen LogP contribution < -0.4 is 15.0 Å². The first kappa shape index (κ1) is 29.8. The first-order chi connectivity index (χ1) is 19.6. The number of hydrogen-bond acceptors (Lipinski definition) is 6. The fraction of sp³-hybridized carbons (Fsp3) is 0.323. The van der Waals surface area contributed by atoms with E-state index in [0.717, 1.165) is 24.7 Å². The van der Waals surface area contributed by atoms with Crippen molar-refractivity contribution < 1.29 is 32.6 Å². The van der Waals surface area contributed by atoms with Crippen LogP contribution in [0.15, 0.2) is 77.7 Å². The van der Waals surface area contributed by atoms with Crippen molar-refractivity contribution in [3.63, 3.8) is 0 Å². The second-order valence-corrected chi connectivity index (χ2v) is 12.2. The van der Waals surface area contributed by atoms with Crippen molar-refractivity contribution in [3.8, 4) is 5.75 Å². The summed E-state index contributed by atoms with van der Waals surface area (Å²) in [4.78, 5) is 38.0. The quantitative estimate of drug-likeness (QED) is 0.323. The van der Waals surface area contributed by atoms with Gasteiger partial charge in [-0.25, -0.2) is 13.2 Å². The second kappa shape index (κ2) is 13.5. The summed E-state index contributed by atoms with van der Waals surface area (Å²) in [5, 5.41) is 11.3. The molecule has 9 nitrogen and oxygen atoms in total. The Morgan fingerprint density at radius 2 is 1.54 bits per heavy atom. The second-order valence-electron chi connectivity index (χ2n) is 10.2. The van der Waals surface area contributed by atoms with E-state index in [-0.39, 0.29) is 36.1 Å². The van der Waals surface area contributed by atoms with Crippen LogP contribution in [0.5, 0.6) is 5.75 Å². The number of ether oxygens (including phenoxy) is 1. The third kappa shape index (κ3) is 8.40. The Bertz CT molecular complexity index is 1460. The maximum Gasteiger partial charge on any atom is 0.420 e. The molecule has 3 aromatic carbocycles. The molecule has 1 aliphatic rings. The van der Waals surface area contributed by atoms with Gasteiger partial charge in [-0.1, -0.05) is 43.5 Å². The molecule has 1 fully saturated rings. The van der Waals surface area contributed by atoms with Gasteiger partial charge >= 0.3 is 12.1 Å². The van der Waals surface area contributed by atoms with Crippen LogP contribution in [0.25, 0.3) is 0 Å². The lowest BCUT2D eigenvalue weighted by Gasteiger charge is -2.25. The zero-order valence-corrected chi connectivity index (χ0v) is 23.7. The molecule has 1 aliphatic carbocycles. The van der Waals surface area contributed by atoms with Crippen LogP contribution >= 0.6 is 0 Å². The van der Waals surface area contributed by atoms with Gasteiger partial charge in [-0.2, -0.15) is 0 Å². The number of hydrogen-bond donors (Lipinski definition) is 2. The molecule has 0 aliphatic heterocycles. The number of carbonyl (C=O) groups is 3. The van der Waals surface area contributed by atoms with Crippen molar-refractivity contribution in [2.75, 3.05) is 17.7 Å². The molecule has 0 unspecified atom stereocenters. The Labute approximate surface area is 240 Å². The molecule has 10 heteroatoms. The van der Waals surface area contributed by atoms with Crippen LogP contribution in [-0.4, -0.2) is 44.3 Å². The average Bonchev–Trinajstić information content (AvgIpc) is 2.96. The lowest BCUT2D eigenvalue weighted by Crippen LogP contribution is -2.33. The number of anilines is 1. The van der Waals surface area contributed by atoms with Gasteiger partial charge in [0.05, 0.1) is 17.9 Å². The maximum atomic E-state index is 13.4. The van der Waals surface area contributed by atoms with E-state index in [9.17, 15) is 22.8 Å². The zero-order valence-electron chi connectivity index (χ0n) is 22.9. The van der Waals surface area contributed by atoms with Gasteiger partial charge in [-0.05, 0) is 78.4 Å². The van der Waals surface area contributed by atoms with E-state index in [2.05, 4.69) is 17.4 Å². The average molecular weight is 579 g/mol. The summed E-state index contributed by atoms with van der Waals surface area (Å²) in [7, 11) is -3.39. The maximum absolute atomic E-state index is 13.4. The van der Waals surface area contributed by atoms with Gasteiger partial charge in [-0.3, -0.25) is 14.5 Å². The van der Waals surface area contributed by atoms with E-state index in [1.54, 1.807) is 24.3 Å². The van der Waals surface area contributed by atoms with Crippen LogP contribution in [-0.2, 0) is 21.2 Å². The minimum absolute atomic E-state index is 0.0254. The summed E-state index contributed by atoms with van der Waals surface area (Å²) in [6.07, 6.45) is 6.32. The van der Waals surface area contributed by atoms with Gasteiger partial charge in [0.1, 0.15) is 5.75 Å². The molecular formula is C31H34N2O7S. The smallest absolute Gasteiger partial charge is 0.420 e. The van der Waals surface area contributed by atoms with Gasteiger partial charge in [0, 0.05) is 24.1 Å². The Kier molecular flexibility index (Phi) is 9.78. The van der Waals surface area contributed by atoms with Crippen LogP contribution in [0.4, 0.5) is 10.5 Å². The van der Waals surface area contributed by atoms with Crippen molar-refractivity contribution >= 4 is 33.5 Å². The molecule has 3 aromatic rings. The first-order valence-corrected chi connectivity index (χ1v) is 15.5. The molecule has 0 atom stereocenters. The SMILES string of the molecule is CS(=O)(=O)c1ccc(OC(=O)N(Cc2ccc(C(=O)NCCC(=O)O)cc2)c2ccc(C3CCCCC3)cc2)cc1. The summed E-state index contributed by atoms with van der Waals surface area (Å²) in [6.45, 7) is 0.182. The van der Waals surface area contributed by atoms with Gasteiger partial charge in [-0.15, -0.1) is 0 Å². The normalized spacial score (nSPS) is 13.8. The molecule has 0 spiro atoms. The number of carboxylic acid groups (broad SMARTS) is 1. The van der Waals surface area contributed by atoms with E-state index in [0.29, 0.717) is 17.2 Å². The van der Waals surface area contributed by atoms with Gasteiger partial charge in [0.15, 0.2) is 9.84 Å². The molecule has 216 valence electrons. The number of nitrogens with one attached hydrogen (secondary N) is 1. The molecular weight excluding hydrogens is 544 g/mol. The molecule has 0 radical (unpaired) electrons. The fourth-order valence-electron chi connectivity index (χ4n) is 4.86. The number of amides is 2. The highest BCUT2D eigenvalue weighted by Crippen LogP contribution is 2.33. The molecule has 0 bridgehead atoms. The van der Waals surface area contributed by atoms with E-state index in [1.165, 1.54) is 54.0 Å². The lowest BCUT2D eigenvalue weighted by molar-refractivity contribution is -0.136. The predicted molar refractivity (Wildman–Crippen MR) is 155 cm³/mol. The van der Waals surface area contributed by atoms with E-state index in [4.69, 9.17) is 9.84 Å². The lowest BCUT2D eigenvalue weighted by atomic mass is 9.84. The van der Waals surface area contributed by atoms with Crippen LogP contribution in [0.1, 0.15) is 65.9 Å². The Morgan fingerprint density at radius 3 is 2.12 bits per heavy atom. The van der Waals surface area contributed by atoms with Crippen molar-refractivity contribution in [1.29, 1.82) is 0 Å². The van der Waals surface area contributed by atoms with Gasteiger partial charge < -0.3 is 15.2 Å². The molecule has 0 aromatic heterocycles. The number of nitrogens with zero attached hydrogens (tertiary/aromatic N) is 1. The first-order valence-electron chi connectivity index (χ1n) is 13.6. The van der Waals surface area contributed by atoms with Crippen molar-refractivity contribution in [2.24, 2.45) is 0 Å². The molecule has 2 amide bonds. The third-order valence-corrected chi connectivity index (χ3v) is 8.27. The molecule has 0 saturated heterocycles. The van der Waals surface area contributed by atoms with E-state index in [1.807, 2.05) is 12.1 Å². The highest BCUT2D eigenvalue weighted by atomic mass is 32.2. The Balaban J connectivity index is 1.53. The number of carbonyl (C=O) groups excluding carboxylic acids is 2. The molecule has 1 saturated carbocycles. The zero-order chi connectivity index (χ0) is 29.4. The van der Waals surface area contributed by atoms with Crippen LogP contribution in [0, 0.1) is 0 Å². The topological polar surface area (TPSA) is 130 Å². The van der Waals surface area contributed by atoms with Crippen molar-refractivity contribution in [1.82, 2.24) is 5.32 Å². The highest BCUT2D eigenvalue weighted by Gasteiger charge is 2.21. The summed E-state index contributed by atoms with van der Waals surface area (Å²) < 4.78 is 29.2. The Hall–Kier alpha value is -4.18. The summed E-state index contributed by atoms with van der Waals surface area (Å²) in [5.41, 5.74) is 3.00. The summed E-state index contributed by atoms with van der Waals surface area (Å²) >= 11 is 0. The number of rotatable bonds is 10. The Morgan fingerprint density at radius 1 is 0.902 bits per heavy atom. The molecule has 4 rings (SSSR count). The standard InChI is InChI=1S/C31H34N2O7S/c1-41(38,39)28-17-15-27(16-18-28)40-31(37)33(26-13-11-24(12-14-26)23-5-3-2-4-6-23)21-22-7-9-25(10-8-22)30(36)32-20-19-29(34)35/h7-18,23H,2-6,19-21H2,1H3,(H,32,36)(H,34,35). The number of benzene rings is 3. The van der Waals surface area contributed by atoms with Gasteiger partial charge in [0.25, 0.3) is 5.91 Å². The minimum atomic E-state index is -3.39. The third-order valence-electron chi connectivity index (χ3n) is 7.14. The van der Waals surface area contributed by atoms with Crippen LogP contribution in [0.2, 0.25) is 0 Å². The summed E-state index contributed by atoms with van der Waals surface area (Å²) in [6, 6.07) is 20.3. The minimum Gasteiger partial charge on any atom is -0.481 e. The number of sulfone groups is 1.